The number of ketones is 1. The van der Waals surface area contributed by atoms with Gasteiger partial charge in [-0.1, -0.05) is 13.8 Å². The molecular formula is C19H30O3. The molecule has 3 heteroatoms. The Hall–Kier alpha value is -0.410. The van der Waals surface area contributed by atoms with Crippen molar-refractivity contribution in [3.63, 3.8) is 0 Å². The molecule has 0 heterocycles. The van der Waals surface area contributed by atoms with Gasteiger partial charge in [-0.05, 0) is 74.5 Å². The minimum atomic E-state index is -0.620. The first-order valence-electron chi connectivity index (χ1n) is 9.25. The molecule has 0 aromatic heterocycles. The zero-order chi connectivity index (χ0) is 15.8. The number of rotatable bonds is 0. The van der Waals surface area contributed by atoms with Crippen molar-refractivity contribution in [1.82, 2.24) is 0 Å². The van der Waals surface area contributed by atoms with E-state index in [1.54, 1.807) is 0 Å². The molecule has 4 fully saturated rings. The number of hydrogen-bond acceptors (Lipinski definition) is 3. The van der Waals surface area contributed by atoms with Crippen molar-refractivity contribution in [1.29, 1.82) is 0 Å². The summed E-state index contributed by atoms with van der Waals surface area (Å²) in [5, 5.41) is 21.8. The van der Waals surface area contributed by atoms with Gasteiger partial charge >= 0.3 is 0 Å². The molecule has 4 saturated carbocycles. The van der Waals surface area contributed by atoms with Crippen LogP contribution in [0.4, 0.5) is 0 Å². The molecule has 0 saturated heterocycles. The highest BCUT2D eigenvalue weighted by atomic mass is 16.3. The van der Waals surface area contributed by atoms with E-state index in [2.05, 4.69) is 13.8 Å². The summed E-state index contributed by atoms with van der Waals surface area (Å²) in [4.78, 5) is 12.4. The summed E-state index contributed by atoms with van der Waals surface area (Å²) in [5.74, 6) is 1.54. The van der Waals surface area contributed by atoms with Crippen molar-refractivity contribution in [2.75, 3.05) is 0 Å². The van der Waals surface area contributed by atoms with Gasteiger partial charge in [0.05, 0.1) is 11.7 Å². The van der Waals surface area contributed by atoms with E-state index >= 15 is 0 Å². The standard InChI is InChI=1S/C19H30O3/c1-17-9-10-19(22)15(14(17)5-6-16(17)21)4-3-12-11-13(20)7-8-18(12,19)2/h12-15,20,22H,3-11H2,1-2H3/t12-,13+,14+,15+,17-,18+,19+/m0/s1. The molecule has 7 atom stereocenters. The van der Waals surface area contributed by atoms with E-state index in [1.165, 1.54) is 0 Å². The summed E-state index contributed by atoms with van der Waals surface area (Å²) < 4.78 is 0. The third-order valence-corrected chi connectivity index (χ3v) is 8.53. The van der Waals surface area contributed by atoms with E-state index in [4.69, 9.17) is 0 Å². The van der Waals surface area contributed by atoms with E-state index in [0.717, 1.165) is 51.4 Å². The molecule has 22 heavy (non-hydrogen) atoms. The normalized spacial score (nSPS) is 57.9. The molecule has 4 aliphatic rings. The van der Waals surface area contributed by atoms with Gasteiger partial charge in [0.15, 0.2) is 0 Å². The lowest BCUT2D eigenvalue weighted by Gasteiger charge is -2.64. The maximum Gasteiger partial charge on any atom is 0.139 e. The zero-order valence-corrected chi connectivity index (χ0v) is 14.0. The summed E-state index contributed by atoms with van der Waals surface area (Å²) >= 11 is 0. The Morgan fingerprint density at radius 3 is 2.55 bits per heavy atom. The Labute approximate surface area is 133 Å². The average Bonchev–Trinajstić information content (AvgIpc) is 2.77. The highest BCUT2D eigenvalue weighted by Gasteiger charge is 2.66. The van der Waals surface area contributed by atoms with Crippen LogP contribution in [0.15, 0.2) is 0 Å². The first-order chi connectivity index (χ1) is 10.3. The number of Topliss-reactive ketones (excluding diaryl/α,β-unsaturated/α-hetero) is 1. The number of aliphatic hydroxyl groups is 2. The fourth-order valence-corrected chi connectivity index (χ4v) is 6.95. The van der Waals surface area contributed by atoms with Gasteiger partial charge in [0, 0.05) is 11.8 Å². The highest BCUT2D eigenvalue weighted by Crippen LogP contribution is 2.67. The second kappa shape index (κ2) is 4.57. The van der Waals surface area contributed by atoms with Crippen LogP contribution in [0.25, 0.3) is 0 Å². The molecule has 0 amide bonds. The third kappa shape index (κ3) is 1.67. The van der Waals surface area contributed by atoms with Crippen molar-refractivity contribution in [2.45, 2.75) is 83.3 Å². The molecule has 0 aromatic rings. The minimum Gasteiger partial charge on any atom is -0.393 e. The Balaban J connectivity index is 1.71. The summed E-state index contributed by atoms with van der Waals surface area (Å²) in [7, 11) is 0. The van der Waals surface area contributed by atoms with Crippen LogP contribution in [0, 0.1) is 28.6 Å². The summed E-state index contributed by atoms with van der Waals surface area (Å²) in [5.41, 5.74) is -0.860. The summed E-state index contributed by atoms with van der Waals surface area (Å²) in [6.45, 7) is 4.43. The van der Waals surface area contributed by atoms with Crippen LogP contribution in [0.1, 0.15) is 71.6 Å². The Kier molecular flexibility index (Phi) is 3.14. The molecule has 3 nitrogen and oxygen atoms in total. The van der Waals surface area contributed by atoms with Crippen LogP contribution in [-0.2, 0) is 4.79 Å². The molecule has 0 bridgehead atoms. The molecule has 0 aromatic carbocycles. The average molecular weight is 306 g/mol. The lowest BCUT2D eigenvalue weighted by atomic mass is 9.43. The quantitative estimate of drug-likeness (QED) is 0.723. The molecule has 124 valence electrons. The van der Waals surface area contributed by atoms with E-state index in [9.17, 15) is 15.0 Å². The molecule has 0 spiro atoms. The van der Waals surface area contributed by atoms with Crippen LogP contribution < -0.4 is 0 Å². The number of carbonyl (C=O) groups excluding carboxylic acids is 1. The molecule has 0 radical (unpaired) electrons. The first-order valence-corrected chi connectivity index (χ1v) is 9.25. The smallest absolute Gasteiger partial charge is 0.139 e. The zero-order valence-electron chi connectivity index (χ0n) is 14.0. The second-order valence-corrected chi connectivity index (χ2v) is 9.14. The molecular weight excluding hydrogens is 276 g/mol. The lowest BCUT2D eigenvalue weighted by Crippen LogP contribution is -2.65. The number of carbonyl (C=O) groups is 1. The van der Waals surface area contributed by atoms with Crippen molar-refractivity contribution >= 4 is 5.78 Å². The van der Waals surface area contributed by atoms with Crippen molar-refractivity contribution < 1.29 is 15.0 Å². The molecule has 4 aliphatic carbocycles. The SMILES string of the molecule is C[C@]12CC[C@@]3(O)[C@H](CC[C@H]4C[C@H](O)CC[C@]43C)[C@H]1CCC2=O. The van der Waals surface area contributed by atoms with E-state index < -0.39 is 5.60 Å². The van der Waals surface area contributed by atoms with Crippen molar-refractivity contribution in [2.24, 2.45) is 28.6 Å². The Morgan fingerprint density at radius 1 is 1.00 bits per heavy atom. The third-order valence-electron chi connectivity index (χ3n) is 8.53. The van der Waals surface area contributed by atoms with Gasteiger partial charge in [-0.25, -0.2) is 0 Å². The van der Waals surface area contributed by atoms with E-state index in [0.29, 0.717) is 24.0 Å². The van der Waals surface area contributed by atoms with Gasteiger partial charge in [-0.2, -0.15) is 0 Å². The predicted octanol–water partition coefficient (Wildman–Crippen LogP) is 3.07. The fourth-order valence-electron chi connectivity index (χ4n) is 6.95. The summed E-state index contributed by atoms with van der Waals surface area (Å²) in [6, 6.07) is 0. The number of aliphatic hydroxyl groups excluding tert-OH is 1. The maximum absolute atomic E-state index is 12.4. The maximum atomic E-state index is 12.4. The highest BCUT2D eigenvalue weighted by molar-refractivity contribution is 5.87. The van der Waals surface area contributed by atoms with Gasteiger partial charge in [-0.3, -0.25) is 4.79 Å². The lowest BCUT2D eigenvalue weighted by molar-refractivity contribution is -0.236. The second-order valence-electron chi connectivity index (χ2n) is 9.14. The topological polar surface area (TPSA) is 57.5 Å². The molecule has 4 rings (SSSR count). The van der Waals surface area contributed by atoms with Crippen LogP contribution in [0.3, 0.4) is 0 Å². The van der Waals surface area contributed by atoms with Crippen LogP contribution in [0.2, 0.25) is 0 Å². The summed E-state index contributed by atoms with van der Waals surface area (Å²) in [6.07, 6.45) is 7.91. The van der Waals surface area contributed by atoms with Crippen molar-refractivity contribution in [3.05, 3.63) is 0 Å². The predicted molar refractivity (Wildman–Crippen MR) is 84.2 cm³/mol. The first kappa shape index (κ1) is 15.1. The fraction of sp³-hybridized carbons (Fsp3) is 0.947. The van der Waals surface area contributed by atoms with Crippen LogP contribution in [-0.4, -0.2) is 27.7 Å². The number of fused-ring (bicyclic) bond motifs is 5. The Bertz CT molecular complexity index is 503. The molecule has 0 aliphatic heterocycles. The largest absolute Gasteiger partial charge is 0.393 e. The van der Waals surface area contributed by atoms with E-state index in [1.807, 2.05) is 0 Å². The van der Waals surface area contributed by atoms with E-state index in [-0.39, 0.29) is 22.9 Å². The van der Waals surface area contributed by atoms with Crippen LogP contribution in [0.5, 0.6) is 0 Å². The van der Waals surface area contributed by atoms with Crippen molar-refractivity contribution in [3.8, 4) is 0 Å². The van der Waals surface area contributed by atoms with Gasteiger partial charge in [0.25, 0.3) is 0 Å². The monoisotopic (exact) mass is 306 g/mol. The van der Waals surface area contributed by atoms with Gasteiger partial charge in [0.1, 0.15) is 5.78 Å². The number of hydrogen-bond donors (Lipinski definition) is 2. The Morgan fingerprint density at radius 2 is 1.77 bits per heavy atom. The molecule has 0 unspecified atom stereocenters. The van der Waals surface area contributed by atoms with Gasteiger partial charge in [-0.15, -0.1) is 0 Å². The minimum absolute atomic E-state index is 0.0673. The molecule has 2 N–H and O–H groups in total. The van der Waals surface area contributed by atoms with Crippen LogP contribution >= 0.6 is 0 Å². The van der Waals surface area contributed by atoms with Gasteiger partial charge < -0.3 is 10.2 Å². The van der Waals surface area contributed by atoms with Gasteiger partial charge in [0.2, 0.25) is 0 Å².